The maximum absolute atomic E-state index is 12.0. The fourth-order valence-electron chi connectivity index (χ4n) is 1.66. The van der Waals surface area contributed by atoms with E-state index in [1.54, 1.807) is 31.2 Å². The second-order valence-corrected chi connectivity index (χ2v) is 5.80. The standard InChI is InChI=1S/C14H15O4P/c1-12-7-5-6-10-14(12)19(15,16)18-17-11-13-8-3-2-4-9-13/h2-10H,11H2,1H3,(H,15,16). The smallest absolute Gasteiger partial charge is 0.319 e. The molecule has 0 bridgehead atoms. The van der Waals surface area contributed by atoms with Gasteiger partial charge in [-0.15, -0.1) is 4.67 Å². The van der Waals surface area contributed by atoms with Crippen LogP contribution in [-0.2, 0) is 20.7 Å². The fourth-order valence-corrected chi connectivity index (χ4v) is 2.73. The van der Waals surface area contributed by atoms with Gasteiger partial charge in [0.2, 0.25) is 0 Å². The summed E-state index contributed by atoms with van der Waals surface area (Å²) in [7, 11) is -3.94. The molecule has 19 heavy (non-hydrogen) atoms. The van der Waals surface area contributed by atoms with Gasteiger partial charge >= 0.3 is 7.60 Å². The highest BCUT2D eigenvalue weighted by Gasteiger charge is 2.25. The van der Waals surface area contributed by atoms with Gasteiger partial charge in [0.15, 0.2) is 0 Å². The minimum absolute atomic E-state index is 0.122. The zero-order valence-corrected chi connectivity index (χ0v) is 11.4. The Bertz CT molecular complexity index is 583. The zero-order valence-electron chi connectivity index (χ0n) is 10.5. The lowest BCUT2D eigenvalue weighted by Gasteiger charge is -2.13. The molecule has 0 aliphatic heterocycles. The Morgan fingerprint density at radius 2 is 1.68 bits per heavy atom. The van der Waals surface area contributed by atoms with Crippen LogP contribution in [0.15, 0.2) is 54.6 Å². The molecule has 0 aromatic heterocycles. The molecule has 0 amide bonds. The van der Waals surface area contributed by atoms with E-state index < -0.39 is 7.60 Å². The van der Waals surface area contributed by atoms with Crippen LogP contribution in [-0.4, -0.2) is 4.89 Å². The summed E-state index contributed by atoms with van der Waals surface area (Å²) in [6.07, 6.45) is 0. The predicted molar refractivity (Wildman–Crippen MR) is 73.0 cm³/mol. The zero-order chi connectivity index (χ0) is 13.7. The van der Waals surface area contributed by atoms with Crippen molar-refractivity contribution in [2.75, 3.05) is 0 Å². The molecule has 2 rings (SSSR count). The van der Waals surface area contributed by atoms with Crippen molar-refractivity contribution in [2.45, 2.75) is 13.5 Å². The lowest BCUT2D eigenvalue weighted by atomic mass is 10.2. The Morgan fingerprint density at radius 3 is 2.37 bits per heavy atom. The van der Waals surface area contributed by atoms with E-state index in [0.29, 0.717) is 5.56 Å². The van der Waals surface area contributed by atoms with Crippen molar-refractivity contribution in [3.63, 3.8) is 0 Å². The second-order valence-electron chi connectivity index (χ2n) is 4.13. The maximum atomic E-state index is 12.0. The Hall–Kier alpha value is -1.45. The first-order valence-electron chi connectivity index (χ1n) is 5.84. The first-order valence-corrected chi connectivity index (χ1v) is 7.41. The molecule has 0 heterocycles. The van der Waals surface area contributed by atoms with E-state index in [9.17, 15) is 9.46 Å². The Labute approximate surface area is 112 Å². The van der Waals surface area contributed by atoms with Crippen molar-refractivity contribution >= 4 is 12.9 Å². The van der Waals surface area contributed by atoms with E-state index in [1.165, 1.54) is 0 Å². The molecular weight excluding hydrogens is 263 g/mol. The van der Waals surface area contributed by atoms with E-state index >= 15 is 0 Å². The molecule has 100 valence electrons. The number of hydrogen-bond donors (Lipinski definition) is 1. The van der Waals surface area contributed by atoms with Crippen LogP contribution < -0.4 is 5.30 Å². The summed E-state index contributed by atoms with van der Waals surface area (Å²) in [5.41, 5.74) is 1.56. The summed E-state index contributed by atoms with van der Waals surface area (Å²) in [5, 5.41) is 0.253. The minimum atomic E-state index is -3.94. The number of aryl methyl sites for hydroxylation is 1. The summed E-state index contributed by atoms with van der Waals surface area (Å²) >= 11 is 0. The predicted octanol–water partition coefficient (Wildman–Crippen LogP) is 2.95. The highest BCUT2D eigenvalue weighted by Crippen LogP contribution is 2.42. The van der Waals surface area contributed by atoms with Gasteiger partial charge < -0.3 is 4.89 Å². The quantitative estimate of drug-likeness (QED) is 0.519. The van der Waals surface area contributed by atoms with Crippen molar-refractivity contribution in [3.8, 4) is 0 Å². The number of rotatable bonds is 5. The van der Waals surface area contributed by atoms with E-state index in [2.05, 4.69) is 0 Å². The number of hydrogen-bond acceptors (Lipinski definition) is 3. The third kappa shape index (κ3) is 3.75. The van der Waals surface area contributed by atoms with E-state index in [4.69, 9.17) is 9.56 Å². The molecule has 0 aliphatic rings. The highest BCUT2D eigenvalue weighted by molar-refractivity contribution is 7.61. The van der Waals surface area contributed by atoms with Gasteiger partial charge in [-0.3, -0.25) is 4.57 Å². The van der Waals surface area contributed by atoms with Crippen LogP contribution in [0, 0.1) is 6.92 Å². The molecule has 4 nitrogen and oxygen atoms in total. The largest absolute Gasteiger partial charge is 0.385 e. The summed E-state index contributed by atoms with van der Waals surface area (Å²) in [4.78, 5) is 14.7. The molecular formula is C14H15O4P. The Kier molecular flexibility index (Phi) is 4.51. The third-order valence-corrected chi connectivity index (χ3v) is 4.06. The molecule has 0 saturated heterocycles. The lowest BCUT2D eigenvalue weighted by molar-refractivity contribution is -0.221. The molecule has 5 heteroatoms. The van der Waals surface area contributed by atoms with Crippen molar-refractivity contribution in [1.29, 1.82) is 0 Å². The van der Waals surface area contributed by atoms with Gasteiger partial charge in [-0.05, 0) is 24.1 Å². The maximum Gasteiger partial charge on any atom is 0.385 e. The average molecular weight is 278 g/mol. The van der Waals surface area contributed by atoms with Crippen LogP contribution in [0.25, 0.3) is 0 Å². The van der Waals surface area contributed by atoms with Crippen LogP contribution in [0.4, 0.5) is 0 Å². The second kappa shape index (κ2) is 6.13. The van der Waals surface area contributed by atoms with Crippen LogP contribution in [0.5, 0.6) is 0 Å². The van der Waals surface area contributed by atoms with Crippen molar-refractivity contribution < 1.29 is 19.0 Å². The van der Waals surface area contributed by atoms with Gasteiger partial charge in [0.1, 0.15) is 6.61 Å². The van der Waals surface area contributed by atoms with Crippen molar-refractivity contribution in [3.05, 3.63) is 65.7 Å². The summed E-state index contributed by atoms with van der Waals surface area (Å²) in [5.74, 6) is 0. The van der Waals surface area contributed by atoms with Gasteiger partial charge in [0.05, 0.1) is 5.30 Å². The van der Waals surface area contributed by atoms with Crippen LogP contribution in [0.3, 0.4) is 0 Å². The lowest BCUT2D eigenvalue weighted by Crippen LogP contribution is -2.10. The summed E-state index contributed by atoms with van der Waals surface area (Å²) < 4.78 is 16.7. The normalized spacial score (nSPS) is 14.0. The highest BCUT2D eigenvalue weighted by atomic mass is 31.2. The molecule has 1 unspecified atom stereocenters. The molecule has 0 radical (unpaired) electrons. The van der Waals surface area contributed by atoms with Crippen molar-refractivity contribution in [1.82, 2.24) is 0 Å². The van der Waals surface area contributed by atoms with Gasteiger partial charge in [-0.1, -0.05) is 48.5 Å². The average Bonchev–Trinajstić information content (AvgIpc) is 2.40. The third-order valence-electron chi connectivity index (χ3n) is 2.64. The molecule has 0 spiro atoms. The van der Waals surface area contributed by atoms with Crippen molar-refractivity contribution in [2.24, 2.45) is 0 Å². The SMILES string of the molecule is Cc1ccccc1P(=O)(O)OOCc1ccccc1. The molecule has 2 aromatic carbocycles. The van der Waals surface area contributed by atoms with Gasteiger partial charge in [0, 0.05) is 0 Å². The van der Waals surface area contributed by atoms with Crippen LogP contribution in [0.2, 0.25) is 0 Å². The minimum Gasteiger partial charge on any atom is -0.319 e. The van der Waals surface area contributed by atoms with Crippen LogP contribution in [0.1, 0.15) is 11.1 Å². The van der Waals surface area contributed by atoms with Gasteiger partial charge in [-0.2, -0.15) is 0 Å². The van der Waals surface area contributed by atoms with Crippen LogP contribution >= 0.6 is 7.60 Å². The molecule has 2 aromatic rings. The van der Waals surface area contributed by atoms with E-state index in [-0.39, 0.29) is 11.9 Å². The molecule has 1 atom stereocenters. The fraction of sp³-hybridized carbons (Fsp3) is 0.143. The topological polar surface area (TPSA) is 55.8 Å². The number of benzene rings is 2. The Balaban J connectivity index is 1.99. The molecule has 0 saturated carbocycles. The summed E-state index contributed by atoms with van der Waals surface area (Å²) in [6, 6.07) is 16.1. The first kappa shape index (κ1) is 14.0. The Morgan fingerprint density at radius 1 is 1.05 bits per heavy atom. The molecule has 0 aliphatic carbocycles. The molecule has 1 N–H and O–H groups in total. The monoisotopic (exact) mass is 278 g/mol. The first-order chi connectivity index (χ1) is 9.09. The van der Waals surface area contributed by atoms with E-state index in [0.717, 1.165) is 5.56 Å². The van der Waals surface area contributed by atoms with Gasteiger partial charge in [-0.25, -0.2) is 4.89 Å². The van der Waals surface area contributed by atoms with E-state index in [1.807, 2.05) is 30.3 Å². The molecule has 0 fully saturated rings. The summed E-state index contributed by atoms with van der Waals surface area (Å²) in [6.45, 7) is 1.87. The van der Waals surface area contributed by atoms with Gasteiger partial charge in [0.25, 0.3) is 0 Å².